The second kappa shape index (κ2) is 5.39. The van der Waals surface area contributed by atoms with Gasteiger partial charge in [-0.25, -0.2) is 0 Å². The van der Waals surface area contributed by atoms with E-state index in [4.69, 9.17) is 0 Å². The van der Waals surface area contributed by atoms with E-state index in [-0.39, 0.29) is 0 Å². The fraction of sp³-hybridized carbons (Fsp3) is 0.467. The Morgan fingerprint density at radius 2 is 2.33 bits per heavy atom. The normalized spacial score (nSPS) is 21.5. The van der Waals surface area contributed by atoms with Gasteiger partial charge < -0.3 is 10.6 Å². The summed E-state index contributed by atoms with van der Waals surface area (Å²) in [6.45, 7) is 1.19. The first kappa shape index (κ1) is 12.2. The maximum absolute atomic E-state index is 3.59. The summed E-state index contributed by atoms with van der Waals surface area (Å²) in [4.78, 5) is 0. The van der Waals surface area contributed by atoms with Crippen LogP contribution in [0.25, 0.3) is 10.1 Å². The SMILES string of the molecule is CNC(CC1CCCN1)c1csc2ccccc12. The van der Waals surface area contributed by atoms with Crippen molar-refractivity contribution in [1.29, 1.82) is 0 Å². The van der Waals surface area contributed by atoms with Crippen molar-refractivity contribution in [1.82, 2.24) is 10.6 Å². The second-order valence-electron chi connectivity index (χ2n) is 5.06. The van der Waals surface area contributed by atoms with Gasteiger partial charge in [0.2, 0.25) is 0 Å². The lowest BCUT2D eigenvalue weighted by molar-refractivity contribution is 0.456. The van der Waals surface area contributed by atoms with Crippen LogP contribution in [0.3, 0.4) is 0 Å². The van der Waals surface area contributed by atoms with Gasteiger partial charge in [-0.3, -0.25) is 0 Å². The molecule has 2 heterocycles. The van der Waals surface area contributed by atoms with Gasteiger partial charge in [0, 0.05) is 16.8 Å². The fourth-order valence-corrected chi connectivity index (χ4v) is 3.93. The van der Waals surface area contributed by atoms with E-state index >= 15 is 0 Å². The average molecular weight is 260 g/mol. The maximum Gasteiger partial charge on any atom is 0.0346 e. The lowest BCUT2D eigenvalue weighted by atomic mass is 9.98. The van der Waals surface area contributed by atoms with E-state index in [9.17, 15) is 0 Å². The van der Waals surface area contributed by atoms with Crippen molar-refractivity contribution in [2.75, 3.05) is 13.6 Å². The highest BCUT2D eigenvalue weighted by Crippen LogP contribution is 2.32. The van der Waals surface area contributed by atoms with E-state index in [1.165, 1.54) is 41.5 Å². The summed E-state index contributed by atoms with van der Waals surface area (Å²) in [7, 11) is 2.08. The monoisotopic (exact) mass is 260 g/mol. The van der Waals surface area contributed by atoms with Gasteiger partial charge in [0.15, 0.2) is 0 Å². The first-order valence-corrected chi connectivity index (χ1v) is 7.63. The Hall–Kier alpha value is -0.900. The second-order valence-corrected chi connectivity index (χ2v) is 5.97. The Kier molecular flexibility index (Phi) is 3.64. The van der Waals surface area contributed by atoms with E-state index < -0.39 is 0 Å². The van der Waals surface area contributed by atoms with Gasteiger partial charge in [0.25, 0.3) is 0 Å². The Morgan fingerprint density at radius 1 is 1.44 bits per heavy atom. The van der Waals surface area contributed by atoms with E-state index in [0.29, 0.717) is 12.1 Å². The highest BCUT2D eigenvalue weighted by atomic mass is 32.1. The molecule has 3 rings (SSSR count). The summed E-state index contributed by atoms with van der Waals surface area (Å²) in [5, 5.41) is 10.8. The molecule has 0 amide bonds. The largest absolute Gasteiger partial charge is 0.314 e. The molecule has 0 radical (unpaired) electrons. The highest BCUT2D eigenvalue weighted by molar-refractivity contribution is 7.17. The molecule has 2 atom stereocenters. The van der Waals surface area contributed by atoms with Gasteiger partial charge >= 0.3 is 0 Å². The Balaban J connectivity index is 1.86. The van der Waals surface area contributed by atoms with Crippen molar-refractivity contribution in [3.63, 3.8) is 0 Å². The standard InChI is InChI=1S/C15H20N2S/c1-16-14(9-11-5-4-8-17-11)13-10-18-15-7-3-2-6-12(13)15/h2-3,6-7,10-11,14,16-17H,4-5,8-9H2,1H3. The van der Waals surface area contributed by atoms with Crippen LogP contribution in [0, 0.1) is 0 Å². The van der Waals surface area contributed by atoms with Crippen LogP contribution in [0.1, 0.15) is 30.9 Å². The van der Waals surface area contributed by atoms with Gasteiger partial charge in [0.1, 0.15) is 0 Å². The van der Waals surface area contributed by atoms with Crippen LogP contribution in [-0.2, 0) is 0 Å². The maximum atomic E-state index is 3.59. The summed E-state index contributed by atoms with van der Waals surface area (Å²) in [5.74, 6) is 0. The van der Waals surface area contributed by atoms with Crippen molar-refractivity contribution in [3.8, 4) is 0 Å². The molecule has 1 fully saturated rings. The fourth-order valence-electron chi connectivity index (χ4n) is 2.91. The Bertz CT molecular complexity index is 514. The van der Waals surface area contributed by atoms with Crippen molar-refractivity contribution in [2.45, 2.75) is 31.3 Å². The molecule has 1 saturated heterocycles. The molecular weight excluding hydrogens is 240 g/mol. The molecule has 1 aromatic heterocycles. The highest BCUT2D eigenvalue weighted by Gasteiger charge is 2.21. The van der Waals surface area contributed by atoms with Crippen LogP contribution >= 0.6 is 11.3 Å². The molecule has 0 saturated carbocycles. The van der Waals surface area contributed by atoms with E-state index in [0.717, 1.165) is 0 Å². The summed E-state index contributed by atoms with van der Waals surface area (Å²) in [6, 6.07) is 9.87. The topological polar surface area (TPSA) is 24.1 Å². The van der Waals surface area contributed by atoms with E-state index in [2.05, 4.69) is 47.3 Å². The minimum absolute atomic E-state index is 0.469. The molecule has 0 bridgehead atoms. The zero-order valence-electron chi connectivity index (χ0n) is 10.8. The number of nitrogens with one attached hydrogen (secondary N) is 2. The van der Waals surface area contributed by atoms with Gasteiger partial charge in [-0.05, 0) is 55.3 Å². The minimum atomic E-state index is 0.469. The number of benzene rings is 1. The first-order valence-electron chi connectivity index (χ1n) is 6.75. The summed E-state index contributed by atoms with van der Waals surface area (Å²) >= 11 is 1.86. The molecular formula is C15H20N2S. The predicted octanol–water partition coefficient (Wildman–Crippen LogP) is 3.30. The molecule has 2 N–H and O–H groups in total. The van der Waals surface area contributed by atoms with Crippen molar-refractivity contribution in [3.05, 3.63) is 35.2 Å². The molecule has 2 aromatic rings. The quantitative estimate of drug-likeness (QED) is 0.881. The molecule has 18 heavy (non-hydrogen) atoms. The lowest BCUT2D eigenvalue weighted by Crippen LogP contribution is -2.28. The van der Waals surface area contributed by atoms with E-state index in [1.54, 1.807) is 0 Å². The van der Waals surface area contributed by atoms with Crippen molar-refractivity contribution >= 4 is 21.4 Å². The molecule has 0 spiro atoms. The Labute approximate surface area is 112 Å². The lowest BCUT2D eigenvalue weighted by Gasteiger charge is -2.20. The van der Waals surface area contributed by atoms with Crippen molar-refractivity contribution in [2.24, 2.45) is 0 Å². The zero-order valence-corrected chi connectivity index (χ0v) is 11.6. The number of hydrogen-bond donors (Lipinski definition) is 2. The number of rotatable bonds is 4. The van der Waals surface area contributed by atoms with Crippen LogP contribution in [0.5, 0.6) is 0 Å². The predicted molar refractivity (Wildman–Crippen MR) is 79.3 cm³/mol. The summed E-state index contributed by atoms with van der Waals surface area (Å²) in [6.07, 6.45) is 3.84. The number of fused-ring (bicyclic) bond motifs is 1. The van der Waals surface area contributed by atoms with Crippen LogP contribution in [0.15, 0.2) is 29.6 Å². The number of hydrogen-bond acceptors (Lipinski definition) is 3. The average Bonchev–Trinajstić information content (AvgIpc) is 3.05. The third-order valence-electron chi connectivity index (χ3n) is 3.92. The summed E-state index contributed by atoms with van der Waals surface area (Å²) < 4.78 is 1.40. The molecule has 2 unspecified atom stereocenters. The van der Waals surface area contributed by atoms with Crippen molar-refractivity contribution < 1.29 is 0 Å². The third kappa shape index (κ3) is 2.30. The van der Waals surface area contributed by atoms with Gasteiger partial charge in [-0.2, -0.15) is 0 Å². The minimum Gasteiger partial charge on any atom is -0.314 e. The van der Waals surface area contributed by atoms with Crippen LogP contribution in [0.4, 0.5) is 0 Å². The van der Waals surface area contributed by atoms with Crippen LogP contribution < -0.4 is 10.6 Å². The van der Waals surface area contributed by atoms with E-state index in [1.807, 2.05) is 11.3 Å². The molecule has 2 nitrogen and oxygen atoms in total. The molecule has 1 aliphatic heterocycles. The molecule has 1 aliphatic rings. The zero-order chi connectivity index (χ0) is 12.4. The third-order valence-corrected chi connectivity index (χ3v) is 4.90. The Morgan fingerprint density at radius 3 is 3.11 bits per heavy atom. The van der Waals surface area contributed by atoms with Gasteiger partial charge in [0.05, 0.1) is 0 Å². The molecule has 96 valence electrons. The number of thiophene rings is 1. The molecule has 1 aromatic carbocycles. The molecule has 3 heteroatoms. The summed E-state index contributed by atoms with van der Waals surface area (Å²) in [5.41, 5.74) is 1.46. The smallest absolute Gasteiger partial charge is 0.0346 e. The molecule has 0 aliphatic carbocycles. The van der Waals surface area contributed by atoms with Crippen LogP contribution in [0.2, 0.25) is 0 Å². The van der Waals surface area contributed by atoms with Crippen LogP contribution in [-0.4, -0.2) is 19.6 Å². The van der Waals surface area contributed by atoms with Gasteiger partial charge in [-0.1, -0.05) is 18.2 Å². The first-order chi connectivity index (χ1) is 8.88. The van der Waals surface area contributed by atoms with Gasteiger partial charge in [-0.15, -0.1) is 11.3 Å².